The molecular formula is C23H30N4O2. The van der Waals surface area contributed by atoms with Gasteiger partial charge in [-0.1, -0.05) is 35.9 Å². The lowest BCUT2D eigenvalue weighted by atomic mass is 10.0. The molecule has 3 rings (SSSR count). The van der Waals surface area contributed by atoms with E-state index in [1.807, 2.05) is 49.4 Å². The SMILES string of the molecule is Cc1ccc(C(N)C(=O)NC(C)CC(=O)Nc2cccc(N3CCCC3)c2)cc1. The molecule has 2 unspecified atom stereocenters. The van der Waals surface area contributed by atoms with Crippen LogP contribution in [0.3, 0.4) is 0 Å². The summed E-state index contributed by atoms with van der Waals surface area (Å²) in [5, 5.41) is 5.76. The Morgan fingerprint density at radius 2 is 1.79 bits per heavy atom. The van der Waals surface area contributed by atoms with Gasteiger partial charge in [-0.05, 0) is 50.5 Å². The number of hydrogen-bond donors (Lipinski definition) is 3. The number of carbonyl (C=O) groups is 2. The zero-order valence-corrected chi connectivity index (χ0v) is 17.2. The second kappa shape index (κ2) is 9.56. The molecule has 0 aliphatic carbocycles. The molecule has 0 spiro atoms. The van der Waals surface area contributed by atoms with Crippen LogP contribution < -0.4 is 21.3 Å². The van der Waals surface area contributed by atoms with Gasteiger partial charge in [0.25, 0.3) is 0 Å². The number of carbonyl (C=O) groups excluding carboxylic acids is 2. The van der Waals surface area contributed by atoms with Crippen LogP contribution in [0.15, 0.2) is 48.5 Å². The van der Waals surface area contributed by atoms with E-state index in [1.165, 1.54) is 12.8 Å². The molecule has 1 heterocycles. The number of amides is 2. The molecule has 6 heteroatoms. The fourth-order valence-electron chi connectivity index (χ4n) is 3.55. The van der Waals surface area contributed by atoms with Crippen molar-refractivity contribution in [1.29, 1.82) is 0 Å². The van der Waals surface area contributed by atoms with Crippen molar-refractivity contribution in [2.45, 2.75) is 45.2 Å². The van der Waals surface area contributed by atoms with Gasteiger partial charge in [-0.15, -0.1) is 0 Å². The molecule has 1 aliphatic rings. The predicted octanol–water partition coefficient (Wildman–Crippen LogP) is 3.13. The number of nitrogens with zero attached hydrogens (tertiary/aromatic N) is 1. The van der Waals surface area contributed by atoms with Crippen molar-refractivity contribution in [3.05, 3.63) is 59.7 Å². The Hall–Kier alpha value is -2.86. The van der Waals surface area contributed by atoms with Crippen LogP contribution in [-0.2, 0) is 9.59 Å². The van der Waals surface area contributed by atoms with Gasteiger partial charge >= 0.3 is 0 Å². The first-order valence-corrected chi connectivity index (χ1v) is 10.2. The fraction of sp³-hybridized carbons (Fsp3) is 0.391. The van der Waals surface area contributed by atoms with E-state index >= 15 is 0 Å². The summed E-state index contributed by atoms with van der Waals surface area (Å²) >= 11 is 0. The normalized spacial score (nSPS) is 15.6. The molecule has 1 saturated heterocycles. The number of benzene rings is 2. The first kappa shape index (κ1) is 20.9. The second-order valence-corrected chi connectivity index (χ2v) is 7.79. The first-order chi connectivity index (χ1) is 13.9. The van der Waals surface area contributed by atoms with Gasteiger partial charge in [0.05, 0.1) is 0 Å². The number of nitrogens with one attached hydrogen (secondary N) is 2. The first-order valence-electron chi connectivity index (χ1n) is 10.2. The van der Waals surface area contributed by atoms with Gasteiger partial charge in [0.15, 0.2) is 0 Å². The van der Waals surface area contributed by atoms with E-state index in [0.717, 1.165) is 35.6 Å². The second-order valence-electron chi connectivity index (χ2n) is 7.79. The van der Waals surface area contributed by atoms with Gasteiger partial charge in [-0.2, -0.15) is 0 Å². The third-order valence-corrected chi connectivity index (χ3v) is 5.20. The molecule has 2 aromatic carbocycles. The summed E-state index contributed by atoms with van der Waals surface area (Å²) in [6, 6.07) is 14.4. The number of rotatable bonds is 7. The smallest absolute Gasteiger partial charge is 0.241 e. The molecule has 1 fully saturated rings. The average molecular weight is 395 g/mol. The Morgan fingerprint density at radius 3 is 2.48 bits per heavy atom. The minimum absolute atomic E-state index is 0.139. The average Bonchev–Trinajstić information content (AvgIpc) is 3.23. The van der Waals surface area contributed by atoms with E-state index in [2.05, 4.69) is 21.6 Å². The molecule has 29 heavy (non-hydrogen) atoms. The Morgan fingerprint density at radius 1 is 1.10 bits per heavy atom. The van der Waals surface area contributed by atoms with Crippen LogP contribution in [0.25, 0.3) is 0 Å². The number of aryl methyl sites for hydroxylation is 1. The maximum atomic E-state index is 12.4. The van der Waals surface area contributed by atoms with Crippen LogP contribution in [-0.4, -0.2) is 30.9 Å². The summed E-state index contributed by atoms with van der Waals surface area (Å²) in [6.07, 6.45) is 2.59. The molecule has 2 aromatic rings. The highest BCUT2D eigenvalue weighted by atomic mass is 16.2. The quantitative estimate of drug-likeness (QED) is 0.673. The van der Waals surface area contributed by atoms with Crippen LogP contribution in [0.5, 0.6) is 0 Å². The molecule has 0 bridgehead atoms. The summed E-state index contributed by atoms with van der Waals surface area (Å²) < 4.78 is 0. The Labute approximate surface area is 172 Å². The van der Waals surface area contributed by atoms with Crippen molar-refractivity contribution in [2.24, 2.45) is 5.73 Å². The van der Waals surface area contributed by atoms with Crippen molar-refractivity contribution in [3.63, 3.8) is 0 Å². The molecule has 1 aliphatic heterocycles. The van der Waals surface area contributed by atoms with Crippen LogP contribution >= 0.6 is 0 Å². The van der Waals surface area contributed by atoms with Crippen LogP contribution in [0, 0.1) is 6.92 Å². The van der Waals surface area contributed by atoms with Gasteiger partial charge in [0.2, 0.25) is 11.8 Å². The molecule has 4 N–H and O–H groups in total. The summed E-state index contributed by atoms with van der Waals surface area (Å²) in [5.41, 5.74) is 9.82. The minimum atomic E-state index is -0.752. The van der Waals surface area contributed by atoms with E-state index < -0.39 is 6.04 Å². The third kappa shape index (κ3) is 5.81. The molecular weight excluding hydrogens is 364 g/mol. The van der Waals surface area contributed by atoms with Gasteiger partial charge in [-0.3, -0.25) is 9.59 Å². The summed E-state index contributed by atoms with van der Waals surface area (Å²) in [6.45, 7) is 5.90. The summed E-state index contributed by atoms with van der Waals surface area (Å²) in [5.74, 6) is -0.425. The maximum Gasteiger partial charge on any atom is 0.241 e. The standard InChI is InChI=1S/C23H30N4O2/c1-16-8-10-18(11-9-16)22(24)23(29)25-17(2)14-21(28)26-19-6-5-7-20(15-19)27-12-3-4-13-27/h5-11,15,17,22H,3-4,12-14,24H2,1-2H3,(H,25,29)(H,26,28). The zero-order chi connectivity index (χ0) is 20.8. The van der Waals surface area contributed by atoms with Gasteiger partial charge < -0.3 is 21.3 Å². The predicted molar refractivity (Wildman–Crippen MR) is 117 cm³/mol. The van der Waals surface area contributed by atoms with Crippen LogP contribution in [0.2, 0.25) is 0 Å². The van der Waals surface area contributed by atoms with Crippen molar-refractivity contribution in [1.82, 2.24) is 5.32 Å². The highest BCUT2D eigenvalue weighted by Gasteiger charge is 2.19. The highest BCUT2D eigenvalue weighted by Crippen LogP contribution is 2.23. The monoisotopic (exact) mass is 394 g/mol. The Bertz CT molecular complexity index is 844. The van der Waals surface area contributed by atoms with E-state index in [9.17, 15) is 9.59 Å². The fourth-order valence-corrected chi connectivity index (χ4v) is 3.55. The lowest BCUT2D eigenvalue weighted by Gasteiger charge is -2.19. The van der Waals surface area contributed by atoms with E-state index in [4.69, 9.17) is 5.73 Å². The third-order valence-electron chi connectivity index (χ3n) is 5.20. The molecule has 0 saturated carbocycles. The number of hydrogen-bond acceptors (Lipinski definition) is 4. The maximum absolute atomic E-state index is 12.4. The Kier molecular flexibility index (Phi) is 6.88. The largest absolute Gasteiger partial charge is 0.371 e. The van der Waals surface area contributed by atoms with Gasteiger partial charge in [0.1, 0.15) is 6.04 Å². The minimum Gasteiger partial charge on any atom is -0.371 e. The van der Waals surface area contributed by atoms with Crippen molar-refractivity contribution in [3.8, 4) is 0 Å². The van der Waals surface area contributed by atoms with Crippen molar-refractivity contribution in [2.75, 3.05) is 23.3 Å². The van der Waals surface area contributed by atoms with Crippen molar-refractivity contribution < 1.29 is 9.59 Å². The van der Waals surface area contributed by atoms with Crippen molar-refractivity contribution >= 4 is 23.2 Å². The summed E-state index contributed by atoms with van der Waals surface area (Å²) in [4.78, 5) is 27.1. The molecule has 154 valence electrons. The highest BCUT2D eigenvalue weighted by molar-refractivity contribution is 5.92. The molecule has 2 atom stereocenters. The number of nitrogens with two attached hydrogens (primary N) is 1. The van der Waals surface area contributed by atoms with Gasteiger partial charge in [0, 0.05) is 36.9 Å². The van der Waals surface area contributed by atoms with E-state index in [0.29, 0.717) is 0 Å². The van der Waals surface area contributed by atoms with E-state index in [-0.39, 0.29) is 24.3 Å². The lowest BCUT2D eigenvalue weighted by Crippen LogP contribution is -2.41. The molecule has 0 aromatic heterocycles. The summed E-state index contributed by atoms with van der Waals surface area (Å²) in [7, 11) is 0. The van der Waals surface area contributed by atoms with Crippen LogP contribution in [0.1, 0.15) is 43.4 Å². The molecule has 6 nitrogen and oxygen atoms in total. The number of anilines is 2. The molecule has 0 radical (unpaired) electrons. The Balaban J connectivity index is 1.50. The zero-order valence-electron chi connectivity index (χ0n) is 17.2. The van der Waals surface area contributed by atoms with Gasteiger partial charge in [-0.25, -0.2) is 0 Å². The topological polar surface area (TPSA) is 87.5 Å². The molecule has 2 amide bonds. The lowest BCUT2D eigenvalue weighted by molar-refractivity contribution is -0.123. The van der Waals surface area contributed by atoms with Crippen LogP contribution in [0.4, 0.5) is 11.4 Å². The van der Waals surface area contributed by atoms with E-state index in [1.54, 1.807) is 6.92 Å².